The highest BCUT2D eigenvalue weighted by atomic mass is 16.5. The van der Waals surface area contributed by atoms with Crippen molar-refractivity contribution >= 4 is 11.6 Å². The molecule has 0 spiro atoms. The molecule has 25 heavy (non-hydrogen) atoms. The second-order valence-electron chi connectivity index (χ2n) is 5.83. The highest BCUT2D eigenvalue weighted by Gasteiger charge is 2.35. The van der Waals surface area contributed by atoms with Gasteiger partial charge in [0.05, 0.1) is 25.4 Å². The number of hydrogen-bond donors (Lipinski definition) is 2. The van der Waals surface area contributed by atoms with Crippen molar-refractivity contribution in [2.75, 3.05) is 13.2 Å². The van der Waals surface area contributed by atoms with E-state index in [1.165, 1.54) is 0 Å². The first-order valence-corrected chi connectivity index (χ1v) is 8.13. The Morgan fingerprint density at radius 2 is 1.36 bits per heavy atom. The van der Waals surface area contributed by atoms with Gasteiger partial charge in [-0.15, -0.1) is 0 Å². The summed E-state index contributed by atoms with van der Waals surface area (Å²) in [5.41, 5.74) is 0.706. The van der Waals surface area contributed by atoms with Crippen LogP contribution in [0.5, 0.6) is 0 Å². The molecule has 5 nitrogen and oxygen atoms in total. The van der Waals surface area contributed by atoms with E-state index in [1.54, 1.807) is 67.6 Å². The van der Waals surface area contributed by atoms with Crippen LogP contribution < -0.4 is 0 Å². The molecule has 0 heterocycles. The van der Waals surface area contributed by atoms with Crippen LogP contribution in [0.25, 0.3) is 0 Å². The Kier molecular flexibility index (Phi) is 7.01. The third-order valence-corrected chi connectivity index (χ3v) is 3.87. The fourth-order valence-electron chi connectivity index (χ4n) is 2.44. The van der Waals surface area contributed by atoms with Gasteiger partial charge in [-0.25, -0.2) is 0 Å². The second-order valence-corrected chi connectivity index (χ2v) is 5.83. The number of ether oxygens (including phenoxy) is 1. The fourth-order valence-corrected chi connectivity index (χ4v) is 2.44. The minimum atomic E-state index is -1.31. The molecule has 2 aromatic carbocycles. The zero-order valence-corrected chi connectivity index (χ0v) is 14.0. The molecule has 0 aliphatic rings. The highest BCUT2D eigenvalue weighted by molar-refractivity contribution is 6.16. The maximum Gasteiger partial charge on any atom is 0.176 e. The molecule has 0 saturated carbocycles. The van der Waals surface area contributed by atoms with Crippen LogP contribution in [-0.2, 0) is 4.74 Å². The van der Waals surface area contributed by atoms with Crippen LogP contribution in [0, 0.1) is 5.92 Å². The van der Waals surface area contributed by atoms with Crippen LogP contribution in [0.4, 0.5) is 0 Å². The van der Waals surface area contributed by atoms with E-state index in [4.69, 9.17) is 9.84 Å². The van der Waals surface area contributed by atoms with Gasteiger partial charge in [0, 0.05) is 11.1 Å². The zero-order chi connectivity index (χ0) is 18.2. The molecule has 5 heteroatoms. The molecule has 0 aromatic heterocycles. The number of aliphatic hydroxyl groups is 2. The Hall–Kier alpha value is -2.34. The number of hydrogen-bond acceptors (Lipinski definition) is 5. The quantitative estimate of drug-likeness (QED) is 0.539. The Morgan fingerprint density at radius 3 is 1.76 bits per heavy atom. The van der Waals surface area contributed by atoms with Crippen molar-refractivity contribution in [3.63, 3.8) is 0 Å². The highest BCUT2D eigenvalue weighted by Crippen LogP contribution is 2.19. The lowest BCUT2D eigenvalue weighted by atomic mass is 9.86. The smallest absolute Gasteiger partial charge is 0.176 e. The topological polar surface area (TPSA) is 83.8 Å². The number of aliphatic hydroxyl groups excluding tert-OH is 2. The first-order valence-electron chi connectivity index (χ1n) is 8.13. The summed E-state index contributed by atoms with van der Waals surface area (Å²) in [6.45, 7) is 1.21. The van der Waals surface area contributed by atoms with Gasteiger partial charge in [-0.05, 0) is 6.92 Å². The lowest BCUT2D eigenvalue weighted by Crippen LogP contribution is -2.39. The average molecular weight is 342 g/mol. The Morgan fingerprint density at radius 1 is 0.920 bits per heavy atom. The maximum atomic E-state index is 12.8. The van der Waals surface area contributed by atoms with E-state index in [0.29, 0.717) is 11.1 Å². The summed E-state index contributed by atoms with van der Waals surface area (Å²) in [6.07, 6.45) is -1.80. The molecule has 0 fully saturated rings. The van der Waals surface area contributed by atoms with Crippen molar-refractivity contribution in [2.24, 2.45) is 5.92 Å². The van der Waals surface area contributed by atoms with Crippen molar-refractivity contribution < 1.29 is 24.5 Å². The summed E-state index contributed by atoms with van der Waals surface area (Å²) in [7, 11) is 0. The SMILES string of the molecule is CC(CO)OCC(O)C(C(=O)c1ccccc1)C(=O)c1ccccc1. The second kappa shape index (κ2) is 9.22. The summed E-state index contributed by atoms with van der Waals surface area (Å²) in [5, 5.41) is 19.5. The van der Waals surface area contributed by atoms with Crippen LogP contribution in [0.2, 0.25) is 0 Å². The third-order valence-electron chi connectivity index (χ3n) is 3.87. The van der Waals surface area contributed by atoms with Gasteiger partial charge >= 0.3 is 0 Å². The standard InChI is InChI=1S/C20H22O5/c1-14(12-21)25-13-17(22)18(19(23)15-8-4-2-5-9-15)20(24)16-10-6-3-7-11-16/h2-11,14,17-18,21-22H,12-13H2,1H3. The van der Waals surface area contributed by atoms with E-state index in [2.05, 4.69) is 0 Å². The average Bonchev–Trinajstić information content (AvgIpc) is 2.67. The van der Waals surface area contributed by atoms with E-state index in [0.717, 1.165) is 0 Å². The molecule has 2 N–H and O–H groups in total. The maximum absolute atomic E-state index is 12.8. The van der Waals surface area contributed by atoms with Gasteiger partial charge < -0.3 is 14.9 Å². The van der Waals surface area contributed by atoms with E-state index in [-0.39, 0.29) is 13.2 Å². The Bertz CT molecular complexity index is 632. The fraction of sp³-hybridized carbons (Fsp3) is 0.300. The number of Topliss-reactive ketones (excluding diaryl/α,β-unsaturated/α-hetero) is 2. The molecule has 132 valence electrons. The van der Waals surface area contributed by atoms with E-state index in [1.807, 2.05) is 0 Å². The molecule has 0 aliphatic heterocycles. The number of benzene rings is 2. The summed E-state index contributed by atoms with van der Waals surface area (Å²) < 4.78 is 5.30. The van der Waals surface area contributed by atoms with E-state index >= 15 is 0 Å². The van der Waals surface area contributed by atoms with Gasteiger partial charge in [0.15, 0.2) is 11.6 Å². The van der Waals surface area contributed by atoms with E-state index in [9.17, 15) is 14.7 Å². The van der Waals surface area contributed by atoms with E-state index < -0.39 is 29.7 Å². The van der Waals surface area contributed by atoms with Gasteiger partial charge in [0.2, 0.25) is 0 Å². The Balaban J connectivity index is 2.27. The van der Waals surface area contributed by atoms with Crippen molar-refractivity contribution in [2.45, 2.75) is 19.1 Å². The van der Waals surface area contributed by atoms with Crippen LogP contribution in [0.15, 0.2) is 60.7 Å². The van der Waals surface area contributed by atoms with Gasteiger partial charge in [-0.1, -0.05) is 60.7 Å². The molecular formula is C20H22O5. The van der Waals surface area contributed by atoms with Gasteiger partial charge in [-0.3, -0.25) is 9.59 Å². The monoisotopic (exact) mass is 342 g/mol. The molecular weight excluding hydrogens is 320 g/mol. The lowest BCUT2D eigenvalue weighted by Gasteiger charge is -2.22. The molecule has 2 aromatic rings. The van der Waals surface area contributed by atoms with Crippen LogP contribution in [0.1, 0.15) is 27.6 Å². The molecule has 2 atom stereocenters. The van der Waals surface area contributed by atoms with Gasteiger partial charge in [0.25, 0.3) is 0 Å². The summed E-state index contributed by atoms with van der Waals surface area (Å²) >= 11 is 0. The Labute approximate surface area is 146 Å². The van der Waals surface area contributed by atoms with Gasteiger partial charge in [0.1, 0.15) is 5.92 Å². The van der Waals surface area contributed by atoms with Crippen molar-refractivity contribution in [3.8, 4) is 0 Å². The van der Waals surface area contributed by atoms with Crippen LogP contribution >= 0.6 is 0 Å². The minimum absolute atomic E-state index is 0.212. The van der Waals surface area contributed by atoms with Crippen molar-refractivity contribution in [1.29, 1.82) is 0 Å². The van der Waals surface area contributed by atoms with Crippen LogP contribution in [0.3, 0.4) is 0 Å². The van der Waals surface area contributed by atoms with Gasteiger partial charge in [-0.2, -0.15) is 0 Å². The summed E-state index contributed by atoms with van der Waals surface area (Å²) in [4.78, 5) is 25.7. The third kappa shape index (κ3) is 5.06. The minimum Gasteiger partial charge on any atom is -0.394 e. The molecule has 0 saturated heterocycles. The molecule has 0 bridgehead atoms. The summed E-state index contributed by atoms with van der Waals surface area (Å²) in [5.74, 6) is -2.18. The molecule has 0 aliphatic carbocycles. The number of rotatable bonds is 9. The van der Waals surface area contributed by atoms with Crippen molar-refractivity contribution in [1.82, 2.24) is 0 Å². The predicted octanol–water partition coefficient (Wildman–Crippen LogP) is 2.13. The summed E-state index contributed by atoms with van der Waals surface area (Å²) in [6, 6.07) is 16.8. The molecule has 0 radical (unpaired) electrons. The number of ketones is 2. The normalized spacial score (nSPS) is 13.4. The molecule has 0 amide bonds. The van der Waals surface area contributed by atoms with Crippen LogP contribution in [-0.4, -0.2) is 47.2 Å². The molecule has 2 unspecified atom stereocenters. The first kappa shape index (κ1) is 19.0. The lowest BCUT2D eigenvalue weighted by molar-refractivity contribution is -0.0341. The van der Waals surface area contributed by atoms with Crippen molar-refractivity contribution in [3.05, 3.63) is 71.8 Å². The molecule has 2 rings (SSSR count). The predicted molar refractivity (Wildman–Crippen MR) is 93.5 cm³/mol. The first-order chi connectivity index (χ1) is 12.0. The number of carbonyl (C=O) groups is 2. The number of carbonyl (C=O) groups excluding carboxylic acids is 2. The zero-order valence-electron chi connectivity index (χ0n) is 14.0. The largest absolute Gasteiger partial charge is 0.394 e.